The predicted octanol–water partition coefficient (Wildman–Crippen LogP) is 0.921. The van der Waals surface area contributed by atoms with E-state index in [-0.39, 0.29) is 18.4 Å². The second-order valence-corrected chi connectivity index (χ2v) is 5.56. The van der Waals surface area contributed by atoms with Crippen molar-refractivity contribution in [3.05, 3.63) is 35.9 Å². The number of nitrogens with zero attached hydrogens (tertiary/aromatic N) is 1. The summed E-state index contributed by atoms with van der Waals surface area (Å²) in [6.07, 6.45) is 0.972. The maximum Gasteiger partial charge on any atom is 0.239 e. The molecule has 2 amide bonds. The molecule has 1 aliphatic heterocycles. The monoisotopic (exact) mass is 278 g/mol. The first-order valence-electron chi connectivity index (χ1n) is 6.42. The maximum atomic E-state index is 11.9. The zero-order valence-electron chi connectivity index (χ0n) is 10.8. The van der Waals surface area contributed by atoms with Crippen molar-refractivity contribution in [2.45, 2.75) is 6.42 Å². The van der Waals surface area contributed by atoms with Gasteiger partial charge in [-0.15, -0.1) is 0 Å². The number of piperazine rings is 1. The number of thioether (sulfide) groups is 1. The molecule has 1 N–H and O–H groups in total. The molecule has 2 rings (SSSR count). The van der Waals surface area contributed by atoms with Crippen LogP contribution in [0, 0.1) is 0 Å². The zero-order valence-corrected chi connectivity index (χ0v) is 11.6. The van der Waals surface area contributed by atoms with Gasteiger partial charge in [-0.05, 0) is 17.7 Å². The molecule has 1 heterocycles. The standard InChI is InChI=1S/C14H18N2O2S/c17-13-10-16(8-7-15-13)14(18)11-19-9-6-12-4-2-1-3-5-12/h1-5H,6-11H2,(H,15,17). The van der Waals surface area contributed by atoms with Gasteiger partial charge in [0.05, 0.1) is 12.3 Å². The molecule has 0 atom stereocenters. The molecule has 0 unspecified atom stereocenters. The molecule has 0 aromatic heterocycles. The number of benzene rings is 1. The van der Waals surface area contributed by atoms with E-state index in [1.54, 1.807) is 16.7 Å². The molecule has 0 saturated carbocycles. The minimum Gasteiger partial charge on any atom is -0.353 e. The number of rotatable bonds is 5. The fourth-order valence-corrected chi connectivity index (χ4v) is 2.82. The van der Waals surface area contributed by atoms with Gasteiger partial charge in [-0.3, -0.25) is 9.59 Å². The van der Waals surface area contributed by atoms with Crippen molar-refractivity contribution in [2.24, 2.45) is 0 Å². The Balaban J connectivity index is 1.65. The Morgan fingerprint density at radius 3 is 2.84 bits per heavy atom. The summed E-state index contributed by atoms with van der Waals surface area (Å²) in [6.45, 7) is 1.40. The molecule has 1 aromatic carbocycles. The van der Waals surface area contributed by atoms with Gasteiger partial charge >= 0.3 is 0 Å². The molecule has 0 spiro atoms. The summed E-state index contributed by atoms with van der Waals surface area (Å²) in [5.74, 6) is 1.39. The van der Waals surface area contributed by atoms with Crippen molar-refractivity contribution < 1.29 is 9.59 Å². The maximum absolute atomic E-state index is 11.9. The molecule has 102 valence electrons. The summed E-state index contributed by atoms with van der Waals surface area (Å²) >= 11 is 1.63. The Hall–Kier alpha value is -1.49. The van der Waals surface area contributed by atoms with E-state index in [0.29, 0.717) is 18.8 Å². The van der Waals surface area contributed by atoms with Crippen molar-refractivity contribution in [3.63, 3.8) is 0 Å². The lowest BCUT2D eigenvalue weighted by Gasteiger charge is -2.26. The predicted molar refractivity (Wildman–Crippen MR) is 77.1 cm³/mol. The molecule has 1 aliphatic rings. The smallest absolute Gasteiger partial charge is 0.239 e. The minimum atomic E-state index is -0.0612. The van der Waals surface area contributed by atoms with Gasteiger partial charge < -0.3 is 10.2 Å². The number of hydrogen-bond acceptors (Lipinski definition) is 3. The van der Waals surface area contributed by atoms with E-state index in [2.05, 4.69) is 17.4 Å². The van der Waals surface area contributed by atoms with Crippen LogP contribution in [-0.2, 0) is 16.0 Å². The summed E-state index contributed by atoms with van der Waals surface area (Å²) in [6, 6.07) is 10.2. The molecule has 5 heteroatoms. The number of carbonyl (C=O) groups excluding carboxylic acids is 2. The summed E-state index contributed by atoms with van der Waals surface area (Å²) in [4.78, 5) is 24.7. The molecule has 19 heavy (non-hydrogen) atoms. The molecule has 0 aliphatic carbocycles. The van der Waals surface area contributed by atoms with Crippen molar-refractivity contribution >= 4 is 23.6 Å². The lowest BCUT2D eigenvalue weighted by Crippen LogP contribution is -2.50. The highest BCUT2D eigenvalue weighted by molar-refractivity contribution is 7.99. The van der Waals surface area contributed by atoms with E-state index in [9.17, 15) is 9.59 Å². The van der Waals surface area contributed by atoms with Crippen molar-refractivity contribution in [1.29, 1.82) is 0 Å². The van der Waals surface area contributed by atoms with Gasteiger partial charge in [0.2, 0.25) is 11.8 Å². The number of amides is 2. The fraction of sp³-hybridized carbons (Fsp3) is 0.429. The van der Waals surface area contributed by atoms with Crippen LogP contribution in [0.4, 0.5) is 0 Å². The van der Waals surface area contributed by atoms with E-state index in [0.717, 1.165) is 12.2 Å². The van der Waals surface area contributed by atoms with E-state index in [4.69, 9.17) is 0 Å². The average Bonchev–Trinajstić information content (AvgIpc) is 2.44. The highest BCUT2D eigenvalue weighted by Gasteiger charge is 2.20. The van der Waals surface area contributed by atoms with Crippen LogP contribution in [0.3, 0.4) is 0 Å². The highest BCUT2D eigenvalue weighted by Crippen LogP contribution is 2.08. The normalized spacial score (nSPS) is 15.2. The van der Waals surface area contributed by atoms with Crippen molar-refractivity contribution in [3.8, 4) is 0 Å². The van der Waals surface area contributed by atoms with E-state index >= 15 is 0 Å². The second kappa shape index (κ2) is 7.19. The second-order valence-electron chi connectivity index (χ2n) is 4.45. The number of carbonyl (C=O) groups is 2. The summed E-state index contributed by atoms with van der Waals surface area (Å²) in [7, 11) is 0. The molecule has 4 nitrogen and oxygen atoms in total. The molecule has 1 aromatic rings. The Kier molecular flexibility index (Phi) is 5.27. The van der Waals surface area contributed by atoms with Gasteiger partial charge in [-0.1, -0.05) is 30.3 Å². The van der Waals surface area contributed by atoms with Gasteiger partial charge in [-0.25, -0.2) is 0 Å². The van der Waals surface area contributed by atoms with Crippen LogP contribution in [0.25, 0.3) is 0 Å². The van der Waals surface area contributed by atoms with E-state index in [1.807, 2.05) is 18.2 Å². The van der Waals surface area contributed by atoms with Crippen LogP contribution in [0.1, 0.15) is 5.56 Å². The Morgan fingerprint density at radius 2 is 2.11 bits per heavy atom. The molecular weight excluding hydrogens is 260 g/mol. The lowest BCUT2D eigenvalue weighted by atomic mass is 10.2. The largest absolute Gasteiger partial charge is 0.353 e. The van der Waals surface area contributed by atoms with E-state index < -0.39 is 0 Å². The third kappa shape index (κ3) is 4.59. The van der Waals surface area contributed by atoms with Crippen LogP contribution < -0.4 is 5.32 Å². The lowest BCUT2D eigenvalue weighted by molar-refractivity contribution is -0.136. The first-order chi connectivity index (χ1) is 9.25. The van der Waals surface area contributed by atoms with Gasteiger partial charge in [0.25, 0.3) is 0 Å². The minimum absolute atomic E-state index is 0.0612. The van der Waals surface area contributed by atoms with Gasteiger partial charge in [0.15, 0.2) is 0 Å². The van der Waals surface area contributed by atoms with Crippen LogP contribution in [0.15, 0.2) is 30.3 Å². The average molecular weight is 278 g/mol. The Morgan fingerprint density at radius 1 is 1.32 bits per heavy atom. The van der Waals surface area contributed by atoms with Crippen LogP contribution in [0.5, 0.6) is 0 Å². The van der Waals surface area contributed by atoms with Crippen molar-refractivity contribution in [2.75, 3.05) is 31.1 Å². The van der Waals surface area contributed by atoms with Gasteiger partial charge in [-0.2, -0.15) is 11.8 Å². The van der Waals surface area contributed by atoms with Crippen LogP contribution >= 0.6 is 11.8 Å². The first kappa shape index (κ1) is 13.9. The summed E-state index contributed by atoms with van der Waals surface area (Å²) in [5, 5.41) is 2.72. The van der Waals surface area contributed by atoms with Crippen LogP contribution in [-0.4, -0.2) is 47.9 Å². The van der Waals surface area contributed by atoms with Crippen LogP contribution in [0.2, 0.25) is 0 Å². The molecular formula is C14H18N2O2S. The quantitative estimate of drug-likeness (QED) is 0.815. The number of aryl methyl sites for hydroxylation is 1. The SMILES string of the molecule is O=C1CN(C(=O)CSCCc2ccccc2)CCN1. The Labute approximate surface area is 117 Å². The molecule has 0 radical (unpaired) electrons. The topological polar surface area (TPSA) is 49.4 Å². The third-order valence-electron chi connectivity index (χ3n) is 2.99. The Bertz CT molecular complexity index is 436. The summed E-state index contributed by atoms with van der Waals surface area (Å²) < 4.78 is 0. The van der Waals surface area contributed by atoms with E-state index in [1.165, 1.54) is 5.56 Å². The first-order valence-corrected chi connectivity index (χ1v) is 7.57. The van der Waals surface area contributed by atoms with Gasteiger partial charge in [0, 0.05) is 13.1 Å². The fourth-order valence-electron chi connectivity index (χ4n) is 1.94. The highest BCUT2D eigenvalue weighted by atomic mass is 32.2. The molecule has 1 fully saturated rings. The number of hydrogen-bond donors (Lipinski definition) is 1. The van der Waals surface area contributed by atoms with Gasteiger partial charge in [0.1, 0.15) is 0 Å². The molecule has 1 saturated heterocycles. The summed E-state index contributed by atoms with van der Waals surface area (Å²) in [5.41, 5.74) is 1.29. The molecule has 0 bridgehead atoms. The number of nitrogens with one attached hydrogen (secondary N) is 1. The third-order valence-corrected chi connectivity index (χ3v) is 3.94. The van der Waals surface area contributed by atoms with Crippen molar-refractivity contribution in [1.82, 2.24) is 10.2 Å². The zero-order chi connectivity index (χ0) is 13.5.